The number of carbonyl (C=O) groups excluding carboxylic acids is 2. The first kappa shape index (κ1) is 21.5. The van der Waals surface area contributed by atoms with Crippen molar-refractivity contribution >= 4 is 17.5 Å². The largest absolute Gasteiger partial charge is 0.493 e. The molecular formula is C23H30N2O3. The van der Waals surface area contributed by atoms with Gasteiger partial charge in [-0.05, 0) is 43.2 Å². The fourth-order valence-electron chi connectivity index (χ4n) is 2.77. The summed E-state index contributed by atoms with van der Waals surface area (Å²) in [6, 6.07) is 14.2. The Bertz CT molecular complexity index is 774. The van der Waals surface area contributed by atoms with Crippen molar-refractivity contribution in [2.45, 2.75) is 46.0 Å². The quantitative estimate of drug-likeness (QED) is 0.535. The van der Waals surface area contributed by atoms with Crippen molar-refractivity contribution in [1.29, 1.82) is 0 Å². The summed E-state index contributed by atoms with van der Waals surface area (Å²) in [4.78, 5) is 24.8. The molecule has 2 rings (SSSR count). The summed E-state index contributed by atoms with van der Waals surface area (Å²) in [5.74, 6) is 0.178. The first-order valence-electron chi connectivity index (χ1n) is 10.1. The number of anilines is 1. The van der Waals surface area contributed by atoms with Crippen LogP contribution in [0.2, 0.25) is 0 Å². The highest BCUT2D eigenvalue weighted by Crippen LogP contribution is 2.21. The van der Waals surface area contributed by atoms with Crippen LogP contribution in [0.15, 0.2) is 48.5 Å². The van der Waals surface area contributed by atoms with Gasteiger partial charge < -0.3 is 15.4 Å². The van der Waals surface area contributed by atoms with Crippen LogP contribution in [0.25, 0.3) is 0 Å². The van der Waals surface area contributed by atoms with Gasteiger partial charge >= 0.3 is 0 Å². The predicted molar refractivity (Wildman–Crippen MR) is 113 cm³/mol. The maximum absolute atomic E-state index is 12.7. The molecule has 150 valence electrons. The molecule has 0 aliphatic carbocycles. The van der Waals surface area contributed by atoms with E-state index >= 15 is 0 Å². The molecule has 2 amide bonds. The summed E-state index contributed by atoms with van der Waals surface area (Å²) >= 11 is 0. The van der Waals surface area contributed by atoms with Gasteiger partial charge in [-0.1, -0.05) is 51.3 Å². The summed E-state index contributed by atoms with van der Waals surface area (Å²) in [6.07, 6.45) is 5.33. The highest BCUT2D eigenvalue weighted by atomic mass is 16.5. The van der Waals surface area contributed by atoms with Crippen molar-refractivity contribution < 1.29 is 14.3 Å². The molecule has 2 aromatic rings. The fourth-order valence-corrected chi connectivity index (χ4v) is 2.77. The molecule has 0 aliphatic rings. The molecule has 0 aromatic heterocycles. The van der Waals surface area contributed by atoms with Crippen molar-refractivity contribution in [2.24, 2.45) is 0 Å². The van der Waals surface area contributed by atoms with Crippen LogP contribution in [0.5, 0.6) is 5.75 Å². The molecule has 0 heterocycles. The second-order valence-electron chi connectivity index (χ2n) is 6.70. The minimum Gasteiger partial charge on any atom is -0.493 e. The van der Waals surface area contributed by atoms with Crippen LogP contribution in [0, 0.1) is 0 Å². The van der Waals surface area contributed by atoms with Crippen molar-refractivity contribution in [1.82, 2.24) is 5.32 Å². The fraction of sp³-hybridized carbons (Fsp3) is 0.391. The molecule has 0 saturated heterocycles. The third kappa shape index (κ3) is 6.72. The van der Waals surface area contributed by atoms with Crippen LogP contribution in [0.3, 0.4) is 0 Å². The van der Waals surface area contributed by atoms with Crippen LogP contribution < -0.4 is 15.4 Å². The maximum Gasteiger partial charge on any atom is 0.259 e. The Balaban J connectivity index is 2.02. The zero-order chi connectivity index (χ0) is 20.2. The topological polar surface area (TPSA) is 67.4 Å². The number of carbonyl (C=O) groups is 2. The van der Waals surface area contributed by atoms with Gasteiger partial charge in [0.25, 0.3) is 11.8 Å². The zero-order valence-electron chi connectivity index (χ0n) is 16.8. The molecule has 0 spiro atoms. The highest BCUT2D eigenvalue weighted by molar-refractivity contribution is 6.06. The molecule has 5 heteroatoms. The average molecular weight is 383 g/mol. The van der Waals surface area contributed by atoms with Crippen molar-refractivity contribution in [3.63, 3.8) is 0 Å². The minimum absolute atomic E-state index is 0.145. The highest BCUT2D eigenvalue weighted by Gasteiger charge is 2.13. The predicted octanol–water partition coefficient (Wildman–Crippen LogP) is 5.04. The lowest BCUT2D eigenvalue weighted by molar-refractivity contribution is 0.0952. The molecule has 28 heavy (non-hydrogen) atoms. The Morgan fingerprint density at radius 3 is 2.50 bits per heavy atom. The van der Waals surface area contributed by atoms with Gasteiger partial charge in [0.2, 0.25) is 0 Å². The van der Waals surface area contributed by atoms with E-state index in [0.29, 0.717) is 35.7 Å². The van der Waals surface area contributed by atoms with Crippen molar-refractivity contribution in [3.8, 4) is 5.75 Å². The van der Waals surface area contributed by atoms with Gasteiger partial charge in [-0.3, -0.25) is 9.59 Å². The van der Waals surface area contributed by atoms with E-state index in [2.05, 4.69) is 17.6 Å². The van der Waals surface area contributed by atoms with E-state index in [0.717, 1.165) is 19.3 Å². The number of unbranched alkanes of at least 4 members (excludes halogenated alkanes) is 3. The first-order chi connectivity index (χ1) is 13.7. The second-order valence-corrected chi connectivity index (χ2v) is 6.70. The van der Waals surface area contributed by atoms with Gasteiger partial charge in [-0.15, -0.1) is 0 Å². The Labute approximate surface area is 167 Å². The summed E-state index contributed by atoms with van der Waals surface area (Å²) in [5, 5.41) is 5.70. The van der Waals surface area contributed by atoms with E-state index in [1.54, 1.807) is 30.3 Å². The molecule has 0 fully saturated rings. The number of ether oxygens (including phenoxy) is 1. The summed E-state index contributed by atoms with van der Waals surface area (Å²) in [6.45, 7) is 5.39. The maximum atomic E-state index is 12.7. The molecule has 2 aromatic carbocycles. The van der Waals surface area contributed by atoms with Crippen LogP contribution in [-0.4, -0.2) is 25.0 Å². The van der Waals surface area contributed by atoms with E-state index in [4.69, 9.17) is 4.74 Å². The SMILES string of the molecule is CCCCCCOc1ccccc1C(=O)Nc1cccc(C(=O)NCCC)c1. The second kappa shape index (κ2) is 11.8. The lowest BCUT2D eigenvalue weighted by Crippen LogP contribution is -2.24. The standard InChI is InChI=1S/C23H30N2O3/c1-3-5-6-9-16-28-21-14-8-7-13-20(21)23(27)25-19-12-10-11-18(17-19)22(26)24-15-4-2/h7-8,10-14,17H,3-6,9,15-16H2,1-2H3,(H,24,26)(H,25,27). The van der Waals surface area contributed by atoms with Gasteiger partial charge in [0, 0.05) is 17.8 Å². The molecule has 5 nitrogen and oxygen atoms in total. The van der Waals surface area contributed by atoms with E-state index < -0.39 is 0 Å². The average Bonchev–Trinajstić information content (AvgIpc) is 2.72. The van der Waals surface area contributed by atoms with Crippen LogP contribution in [-0.2, 0) is 0 Å². The van der Waals surface area contributed by atoms with E-state index in [1.165, 1.54) is 12.8 Å². The zero-order valence-corrected chi connectivity index (χ0v) is 16.8. The number of rotatable bonds is 11. The van der Waals surface area contributed by atoms with Gasteiger partial charge in [0.05, 0.1) is 12.2 Å². The van der Waals surface area contributed by atoms with Crippen molar-refractivity contribution in [2.75, 3.05) is 18.5 Å². The number of benzene rings is 2. The third-order valence-electron chi connectivity index (χ3n) is 4.31. The number of para-hydroxylation sites is 1. The smallest absolute Gasteiger partial charge is 0.259 e. The van der Waals surface area contributed by atoms with Crippen LogP contribution in [0.4, 0.5) is 5.69 Å². The van der Waals surface area contributed by atoms with E-state index in [9.17, 15) is 9.59 Å². The Hall–Kier alpha value is -2.82. The molecule has 0 bridgehead atoms. The number of hydrogen-bond donors (Lipinski definition) is 2. The van der Waals surface area contributed by atoms with Gasteiger partial charge in [-0.25, -0.2) is 0 Å². The van der Waals surface area contributed by atoms with Crippen LogP contribution >= 0.6 is 0 Å². The lowest BCUT2D eigenvalue weighted by atomic mass is 10.1. The van der Waals surface area contributed by atoms with E-state index in [1.807, 2.05) is 25.1 Å². The van der Waals surface area contributed by atoms with E-state index in [-0.39, 0.29) is 11.8 Å². The monoisotopic (exact) mass is 382 g/mol. The third-order valence-corrected chi connectivity index (χ3v) is 4.31. The molecular weight excluding hydrogens is 352 g/mol. The Morgan fingerprint density at radius 2 is 1.71 bits per heavy atom. The molecule has 0 saturated carbocycles. The van der Waals surface area contributed by atoms with Crippen LogP contribution in [0.1, 0.15) is 66.7 Å². The minimum atomic E-state index is -0.254. The first-order valence-corrected chi connectivity index (χ1v) is 10.1. The number of nitrogens with one attached hydrogen (secondary N) is 2. The molecule has 0 aliphatic heterocycles. The van der Waals surface area contributed by atoms with Gasteiger partial charge in [0.1, 0.15) is 5.75 Å². The summed E-state index contributed by atoms with van der Waals surface area (Å²) in [7, 11) is 0. The molecule has 0 unspecified atom stereocenters. The Morgan fingerprint density at radius 1 is 0.893 bits per heavy atom. The Kier molecular flexibility index (Phi) is 9.05. The lowest BCUT2D eigenvalue weighted by Gasteiger charge is -2.12. The number of hydrogen-bond acceptors (Lipinski definition) is 3. The molecule has 0 atom stereocenters. The molecule has 2 N–H and O–H groups in total. The van der Waals surface area contributed by atoms with Gasteiger partial charge in [-0.2, -0.15) is 0 Å². The van der Waals surface area contributed by atoms with Crippen molar-refractivity contribution in [3.05, 3.63) is 59.7 Å². The summed E-state index contributed by atoms with van der Waals surface area (Å²) in [5.41, 5.74) is 1.58. The molecule has 0 radical (unpaired) electrons. The number of amides is 2. The normalized spacial score (nSPS) is 10.4. The van der Waals surface area contributed by atoms with Gasteiger partial charge in [0.15, 0.2) is 0 Å². The summed E-state index contributed by atoms with van der Waals surface area (Å²) < 4.78 is 5.82.